The van der Waals surface area contributed by atoms with E-state index in [0.717, 1.165) is 0 Å². The highest BCUT2D eigenvalue weighted by Crippen LogP contribution is 2.12. The van der Waals surface area contributed by atoms with Gasteiger partial charge in [-0.15, -0.1) is 0 Å². The van der Waals surface area contributed by atoms with Crippen LogP contribution in [0.5, 0.6) is 0 Å². The molecule has 0 saturated carbocycles. The zero-order valence-corrected chi connectivity index (χ0v) is 45.6. The van der Waals surface area contributed by atoms with Crippen LogP contribution in [-0.4, -0.2) is 186 Å². The maximum absolute atomic E-state index is 14.4. The van der Waals surface area contributed by atoms with Gasteiger partial charge in [-0.1, -0.05) is 58.0 Å². The Balaban J connectivity index is 2.73. The predicted molar refractivity (Wildman–Crippen MR) is 286 cm³/mol. The van der Waals surface area contributed by atoms with Crippen molar-refractivity contribution < 1.29 is 63.3 Å². The van der Waals surface area contributed by atoms with Crippen LogP contribution < -0.4 is 81.8 Å². The van der Waals surface area contributed by atoms with E-state index in [-0.39, 0.29) is 83.0 Å². The van der Waals surface area contributed by atoms with E-state index in [1.807, 2.05) is 13.8 Å². The molecule has 0 bridgehead atoms. The molecule has 23 N–H and O–H groups in total. The van der Waals surface area contributed by atoms with Crippen molar-refractivity contribution in [2.24, 2.45) is 40.5 Å². The molecular weight excluding hydrogens is 1020 g/mol. The summed E-state index contributed by atoms with van der Waals surface area (Å²) in [5.74, 6) is -9.80. The van der Waals surface area contributed by atoms with Crippen LogP contribution in [0.25, 0.3) is 0 Å². The Hall–Kier alpha value is -6.40. The summed E-state index contributed by atoms with van der Waals surface area (Å²) in [4.78, 5) is 139. The smallest absolute Gasteiger partial charge is 0.251 e. The third-order valence-corrected chi connectivity index (χ3v) is 12.5. The lowest BCUT2D eigenvalue weighted by Gasteiger charge is -2.29. The number of hydrogen-bond acceptors (Lipinski definition) is 18. The van der Waals surface area contributed by atoms with Crippen LogP contribution in [0, 0.1) is 11.8 Å². The number of amides is 10. The second kappa shape index (κ2) is 34.5. The number of hydrogen-bond donors (Lipinski definition) is 18. The van der Waals surface area contributed by atoms with Gasteiger partial charge in [0.05, 0.1) is 12.2 Å². The molecule has 28 heteroatoms. The lowest BCUT2D eigenvalue weighted by molar-refractivity contribution is -0.138. The summed E-state index contributed by atoms with van der Waals surface area (Å²) in [6.45, 7) is 8.44. The Morgan fingerprint density at radius 2 is 1.08 bits per heavy atom. The summed E-state index contributed by atoms with van der Waals surface area (Å²) in [7, 11) is 0. The number of benzene rings is 1. The number of carbonyl (C=O) groups excluding carboxylic acids is 10. The molecule has 13 atom stereocenters. The maximum atomic E-state index is 14.4. The van der Waals surface area contributed by atoms with Crippen LogP contribution in [0.1, 0.15) is 92.1 Å². The van der Waals surface area contributed by atoms with Crippen LogP contribution >= 0.6 is 0 Å². The summed E-state index contributed by atoms with van der Waals surface area (Å²) in [5, 5.41) is 56.9. The molecule has 1 aliphatic heterocycles. The number of aliphatic hydroxyl groups excluding tert-OH is 3. The van der Waals surface area contributed by atoms with Gasteiger partial charge < -0.3 is 97.2 Å². The SMILES string of the molecule is CC(C)C[C@@H]1NC(=O)[C@@H](Cc2ccccc2)NC(=O)[C@H](CCN)NC(=O)[C@@H](NC(=O)[C@H](CCN)NC(=O)[C@@H](NC(=O)[C@@H](O)[C@@H](N)CC(C)C)C(C)O)CCNC(=O)[C@H](C(C)O)NC(=O)[C@H](CCN)NC(=O)[C@H](CCN)NC1=O. The highest BCUT2D eigenvalue weighted by Gasteiger charge is 2.38. The van der Waals surface area contributed by atoms with E-state index in [0.29, 0.717) is 5.56 Å². The molecule has 78 heavy (non-hydrogen) atoms. The molecule has 1 aromatic rings. The summed E-state index contributed by atoms with van der Waals surface area (Å²) < 4.78 is 0. The fourth-order valence-corrected chi connectivity index (χ4v) is 8.29. The Morgan fingerprint density at radius 3 is 1.56 bits per heavy atom. The van der Waals surface area contributed by atoms with Crippen LogP contribution in [0.4, 0.5) is 0 Å². The Kier molecular flexibility index (Phi) is 29.9. The first-order valence-corrected chi connectivity index (χ1v) is 26.4. The number of nitrogens with one attached hydrogen (secondary N) is 10. The summed E-state index contributed by atoms with van der Waals surface area (Å²) in [6.07, 6.45) is -6.00. The van der Waals surface area contributed by atoms with Gasteiger partial charge in [0.1, 0.15) is 60.5 Å². The van der Waals surface area contributed by atoms with E-state index in [1.54, 1.807) is 44.2 Å². The van der Waals surface area contributed by atoms with Gasteiger partial charge in [-0.25, -0.2) is 0 Å². The molecule has 10 amide bonds. The van der Waals surface area contributed by atoms with Crippen LogP contribution in [0.2, 0.25) is 0 Å². The van der Waals surface area contributed by atoms with Gasteiger partial charge in [0.15, 0.2) is 0 Å². The second-order valence-corrected chi connectivity index (χ2v) is 20.3. The molecule has 0 radical (unpaired) electrons. The molecule has 1 heterocycles. The molecule has 0 aliphatic carbocycles. The first-order chi connectivity index (χ1) is 36.8. The van der Waals surface area contributed by atoms with Crippen molar-refractivity contribution in [3.05, 3.63) is 35.9 Å². The molecular formula is C50H87N15O13. The Bertz CT molecular complexity index is 2140. The molecule has 2 rings (SSSR count). The van der Waals surface area contributed by atoms with E-state index in [1.165, 1.54) is 13.8 Å². The Morgan fingerprint density at radius 1 is 0.590 bits per heavy atom. The lowest BCUT2D eigenvalue weighted by atomic mass is 9.99. The number of nitrogens with two attached hydrogens (primary N) is 5. The molecule has 440 valence electrons. The molecule has 1 aliphatic rings. The van der Waals surface area contributed by atoms with Gasteiger partial charge in [0.2, 0.25) is 53.2 Å². The quantitative estimate of drug-likeness (QED) is 0.0484. The van der Waals surface area contributed by atoms with Crippen LogP contribution in [0.3, 0.4) is 0 Å². The lowest BCUT2D eigenvalue weighted by Crippen LogP contribution is -2.62. The second-order valence-electron chi connectivity index (χ2n) is 20.3. The highest BCUT2D eigenvalue weighted by molar-refractivity contribution is 5.99. The monoisotopic (exact) mass is 1110 g/mol. The van der Waals surface area contributed by atoms with E-state index in [4.69, 9.17) is 28.7 Å². The van der Waals surface area contributed by atoms with E-state index < -0.39 is 151 Å². The van der Waals surface area contributed by atoms with Gasteiger partial charge >= 0.3 is 0 Å². The minimum Gasteiger partial charge on any atom is -0.391 e. The number of aliphatic hydroxyl groups is 3. The average Bonchev–Trinajstić information content (AvgIpc) is 3.36. The Labute approximate surface area is 455 Å². The predicted octanol–water partition coefficient (Wildman–Crippen LogP) is -6.95. The first kappa shape index (κ1) is 67.7. The maximum Gasteiger partial charge on any atom is 0.251 e. The van der Waals surface area contributed by atoms with Crippen molar-refractivity contribution in [3.63, 3.8) is 0 Å². The molecule has 28 nitrogen and oxygen atoms in total. The van der Waals surface area contributed by atoms with E-state index >= 15 is 0 Å². The van der Waals surface area contributed by atoms with Gasteiger partial charge in [-0.3, -0.25) is 47.9 Å². The molecule has 0 aromatic heterocycles. The average molecular weight is 1110 g/mol. The van der Waals surface area contributed by atoms with Crippen molar-refractivity contribution in [1.82, 2.24) is 53.2 Å². The highest BCUT2D eigenvalue weighted by atomic mass is 16.3. The summed E-state index contributed by atoms with van der Waals surface area (Å²) in [6, 6.07) is -6.07. The van der Waals surface area contributed by atoms with E-state index in [2.05, 4.69) is 53.2 Å². The molecule has 1 fully saturated rings. The van der Waals surface area contributed by atoms with Crippen molar-refractivity contribution in [2.45, 2.75) is 172 Å². The number of carbonyl (C=O) groups is 10. The largest absolute Gasteiger partial charge is 0.391 e. The molecule has 0 spiro atoms. The van der Waals surface area contributed by atoms with Crippen molar-refractivity contribution >= 4 is 59.1 Å². The zero-order valence-electron chi connectivity index (χ0n) is 45.6. The zero-order chi connectivity index (χ0) is 58.8. The minimum atomic E-state index is -1.77. The van der Waals surface area contributed by atoms with E-state index in [9.17, 15) is 63.3 Å². The fraction of sp³-hybridized carbons (Fsp3) is 0.680. The van der Waals surface area contributed by atoms with Gasteiger partial charge in [-0.2, -0.15) is 0 Å². The van der Waals surface area contributed by atoms with Crippen LogP contribution in [0.15, 0.2) is 30.3 Å². The third-order valence-electron chi connectivity index (χ3n) is 12.5. The summed E-state index contributed by atoms with van der Waals surface area (Å²) >= 11 is 0. The summed E-state index contributed by atoms with van der Waals surface area (Å²) in [5.41, 5.74) is 30.0. The van der Waals surface area contributed by atoms with Crippen LogP contribution in [-0.2, 0) is 54.4 Å². The molecule has 1 saturated heterocycles. The first-order valence-electron chi connectivity index (χ1n) is 26.4. The molecule has 2 unspecified atom stereocenters. The van der Waals surface area contributed by atoms with Gasteiger partial charge in [-0.05, 0) is 102 Å². The number of rotatable bonds is 23. The van der Waals surface area contributed by atoms with Crippen molar-refractivity contribution in [3.8, 4) is 0 Å². The topological polar surface area (TPSA) is 482 Å². The standard InChI is InChI=1S/C50H87N15O13/c1-25(2)22-30(55)40(68)50(78)65-39(28(6)67)49(77)61-33(14-19-53)42(70)60-35-16-21-56-48(76)38(27(5)66)64-45(73)34(15-20-54)58-41(69)31(12-17-51)59-46(74)36(23-26(3)4)62-47(75)37(24-29-10-8-7-9-11-29)63-43(71)32(13-18-52)57-44(35)72/h7-11,25-28,30-40,66-68H,12-24,51-55H2,1-6H3,(H,56,76)(H,57,72)(H,58,69)(H,59,74)(H,60,70)(H,61,77)(H,62,75)(H,63,71)(H,64,73)(H,65,78)/t27?,28?,30-,31-,32-,33-,34-,35-,36-,37+,38-,39-,40-/m0/s1. The van der Waals surface area contributed by atoms with Gasteiger partial charge in [0.25, 0.3) is 5.91 Å². The van der Waals surface area contributed by atoms with Crippen molar-refractivity contribution in [1.29, 1.82) is 0 Å². The normalized spacial score (nSPS) is 24.1. The van der Waals surface area contributed by atoms with Gasteiger partial charge in [0, 0.05) is 19.0 Å². The minimum absolute atomic E-state index is 0.00113. The third kappa shape index (κ3) is 22.9. The fourth-order valence-electron chi connectivity index (χ4n) is 8.29. The van der Waals surface area contributed by atoms with Crippen molar-refractivity contribution in [2.75, 3.05) is 32.7 Å². The molecule has 1 aromatic carbocycles.